The molecular formula is C16H13Cl2NO4. The summed E-state index contributed by atoms with van der Waals surface area (Å²) < 4.78 is 9.75. The first-order valence-electron chi connectivity index (χ1n) is 6.49. The molecule has 2 rings (SSSR count). The molecule has 5 nitrogen and oxygen atoms in total. The van der Waals surface area contributed by atoms with E-state index in [1.807, 2.05) is 0 Å². The molecule has 0 aromatic heterocycles. The van der Waals surface area contributed by atoms with E-state index < -0.39 is 11.9 Å². The number of amides is 1. The summed E-state index contributed by atoms with van der Waals surface area (Å²) in [5.74, 6) is -0.562. The maximum Gasteiger partial charge on any atom is 0.337 e. The lowest BCUT2D eigenvalue weighted by molar-refractivity contribution is 0.0600. The minimum atomic E-state index is -0.513. The number of carbonyl (C=O) groups excluding carboxylic acids is 2. The van der Waals surface area contributed by atoms with E-state index in [2.05, 4.69) is 10.1 Å². The maximum absolute atomic E-state index is 12.4. The summed E-state index contributed by atoms with van der Waals surface area (Å²) in [5.41, 5.74) is 0.912. The van der Waals surface area contributed by atoms with Gasteiger partial charge < -0.3 is 14.8 Å². The fourth-order valence-electron chi connectivity index (χ4n) is 1.91. The van der Waals surface area contributed by atoms with Gasteiger partial charge in [-0.2, -0.15) is 0 Å². The molecule has 23 heavy (non-hydrogen) atoms. The molecule has 0 heterocycles. The molecule has 0 aliphatic heterocycles. The molecule has 0 saturated carbocycles. The van der Waals surface area contributed by atoms with E-state index in [4.69, 9.17) is 27.9 Å². The highest BCUT2D eigenvalue weighted by Crippen LogP contribution is 2.27. The van der Waals surface area contributed by atoms with Gasteiger partial charge in [-0.25, -0.2) is 4.79 Å². The first-order valence-corrected chi connectivity index (χ1v) is 7.24. The first kappa shape index (κ1) is 17.1. The van der Waals surface area contributed by atoms with E-state index in [1.165, 1.54) is 38.5 Å². The van der Waals surface area contributed by atoms with E-state index in [-0.39, 0.29) is 16.1 Å². The van der Waals surface area contributed by atoms with Gasteiger partial charge in [0.2, 0.25) is 0 Å². The Kier molecular flexibility index (Phi) is 5.47. The van der Waals surface area contributed by atoms with Crippen molar-refractivity contribution >= 4 is 40.8 Å². The quantitative estimate of drug-likeness (QED) is 0.842. The van der Waals surface area contributed by atoms with Crippen LogP contribution in [0.5, 0.6) is 5.75 Å². The van der Waals surface area contributed by atoms with Gasteiger partial charge in [0.1, 0.15) is 5.75 Å². The Hall–Kier alpha value is -2.24. The summed E-state index contributed by atoms with van der Waals surface area (Å²) in [5, 5.41) is 3.27. The van der Waals surface area contributed by atoms with E-state index in [0.717, 1.165) is 0 Å². The number of esters is 1. The monoisotopic (exact) mass is 353 g/mol. The Morgan fingerprint density at radius 3 is 2.39 bits per heavy atom. The normalized spacial score (nSPS) is 10.1. The van der Waals surface area contributed by atoms with E-state index >= 15 is 0 Å². The van der Waals surface area contributed by atoms with Gasteiger partial charge in [0.05, 0.1) is 36.1 Å². The molecule has 1 N–H and O–H groups in total. The molecule has 7 heteroatoms. The summed E-state index contributed by atoms with van der Waals surface area (Å²) in [6, 6.07) is 9.14. The number of hydrogen-bond acceptors (Lipinski definition) is 4. The van der Waals surface area contributed by atoms with E-state index in [1.54, 1.807) is 12.1 Å². The molecule has 0 aliphatic rings. The van der Waals surface area contributed by atoms with Crippen molar-refractivity contribution in [1.29, 1.82) is 0 Å². The predicted molar refractivity (Wildman–Crippen MR) is 88.7 cm³/mol. The number of nitrogens with one attached hydrogen (secondary N) is 1. The second-order valence-electron chi connectivity index (χ2n) is 4.48. The minimum Gasteiger partial charge on any atom is -0.496 e. The molecule has 2 aromatic carbocycles. The smallest absolute Gasteiger partial charge is 0.337 e. The lowest BCUT2D eigenvalue weighted by Crippen LogP contribution is -2.14. The standard InChI is InChI=1S/C16H13Cl2NO4/c1-22-14-6-4-10(17)8-11(14)15(20)19-13-5-3-9(7-12(13)18)16(21)23-2/h3-8H,1-2H3,(H,19,20). The van der Waals surface area contributed by atoms with Crippen LogP contribution < -0.4 is 10.1 Å². The van der Waals surface area contributed by atoms with Crippen LogP contribution in [0.1, 0.15) is 20.7 Å². The molecule has 1 amide bonds. The third-order valence-corrected chi connectivity index (χ3v) is 3.59. The Labute approximate surface area is 143 Å². The van der Waals surface area contributed by atoms with Crippen LogP contribution in [0.25, 0.3) is 0 Å². The summed E-state index contributed by atoms with van der Waals surface area (Å²) in [7, 11) is 2.73. The van der Waals surface area contributed by atoms with Crippen molar-refractivity contribution in [3.63, 3.8) is 0 Å². The molecule has 0 atom stereocenters. The topological polar surface area (TPSA) is 64.6 Å². The number of carbonyl (C=O) groups is 2. The fourth-order valence-corrected chi connectivity index (χ4v) is 2.31. The summed E-state index contributed by atoms with van der Waals surface area (Å²) in [6.45, 7) is 0. The van der Waals surface area contributed by atoms with Crippen molar-refractivity contribution in [2.75, 3.05) is 19.5 Å². The highest BCUT2D eigenvalue weighted by atomic mass is 35.5. The van der Waals surface area contributed by atoms with Gasteiger partial charge in [0, 0.05) is 5.02 Å². The zero-order valence-corrected chi connectivity index (χ0v) is 13.9. The SMILES string of the molecule is COC(=O)c1ccc(NC(=O)c2cc(Cl)ccc2OC)c(Cl)c1. The zero-order valence-electron chi connectivity index (χ0n) is 12.4. The molecular weight excluding hydrogens is 341 g/mol. The fraction of sp³-hybridized carbons (Fsp3) is 0.125. The molecule has 0 unspecified atom stereocenters. The molecule has 0 spiro atoms. The van der Waals surface area contributed by atoms with Crippen molar-refractivity contribution in [3.8, 4) is 5.75 Å². The van der Waals surface area contributed by atoms with Crippen molar-refractivity contribution < 1.29 is 19.1 Å². The number of benzene rings is 2. The average molecular weight is 354 g/mol. The third-order valence-electron chi connectivity index (χ3n) is 3.04. The number of anilines is 1. The molecule has 0 aliphatic carbocycles. The van der Waals surface area contributed by atoms with Crippen molar-refractivity contribution in [3.05, 3.63) is 57.6 Å². The Morgan fingerprint density at radius 1 is 1.04 bits per heavy atom. The van der Waals surface area contributed by atoms with Crippen molar-refractivity contribution in [1.82, 2.24) is 0 Å². The van der Waals surface area contributed by atoms with Crippen LogP contribution in [0.4, 0.5) is 5.69 Å². The lowest BCUT2D eigenvalue weighted by atomic mass is 10.1. The average Bonchev–Trinajstić information content (AvgIpc) is 2.55. The number of halogens is 2. The van der Waals surface area contributed by atoms with Crippen LogP contribution >= 0.6 is 23.2 Å². The second kappa shape index (κ2) is 7.35. The Morgan fingerprint density at radius 2 is 1.78 bits per heavy atom. The van der Waals surface area contributed by atoms with Crippen LogP contribution in [0.2, 0.25) is 10.0 Å². The number of hydrogen-bond donors (Lipinski definition) is 1. The van der Waals surface area contributed by atoms with Gasteiger partial charge in [0.15, 0.2) is 0 Å². The lowest BCUT2D eigenvalue weighted by Gasteiger charge is -2.11. The van der Waals surface area contributed by atoms with Gasteiger partial charge in [-0.3, -0.25) is 4.79 Å². The zero-order chi connectivity index (χ0) is 17.0. The summed E-state index contributed by atoms with van der Waals surface area (Å²) in [6.07, 6.45) is 0. The molecule has 120 valence electrons. The van der Waals surface area contributed by atoms with Crippen molar-refractivity contribution in [2.45, 2.75) is 0 Å². The molecule has 0 saturated heterocycles. The highest BCUT2D eigenvalue weighted by Gasteiger charge is 2.15. The molecule has 2 aromatic rings. The summed E-state index contributed by atoms with van der Waals surface area (Å²) >= 11 is 12.0. The number of rotatable bonds is 4. The van der Waals surface area contributed by atoms with Crippen LogP contribution in [0.15, 0.2) is 36.4 Å². The van der Waals surface area contributed by atoms with Crippen LogP contribution in [-0.2, 0) is 4.74 Å². The Balaban J connectivity index is 2.27. The van der Waals surface area contributed by atoms with Crippen molar-refractivity contribution in [2.24, 2.45) is 0 Å². The molecule has 0 fully saturated rings. The molecule has 0 radical (unpaired) electrons. The highest BCUT2D eigenvalue weighted by molar-refractivity contribution is 6.34. The van der Waals surface area contributed by atoms with Gasteiger partial charge >= 0.3 is 5.97 Å². The first-order chi connectivity index (χ1) is 11.0. The number of methoxy groups -OCH3 is 2. The number of ether oxygens (including phenoxy) is 2. The van der Waals surface area contributed by atoms with Crippen LogP contribution in [-0.4, -0.2) is 26.1 Å². The maximum atomic E-state index is 12.4. The van der Waals surface area contributed by atoms with Gasteiger partial charge in [-0.1, -0.05) is 23.2 Å². The summed E-state index contributed by atoms with van der Waals surface area (Å²) in [4.78, 5) is 23.8. The third kappa shape index (κ3) is 3.94. The van der Waals surface area contributed by atoms with E-state index in [0.29, 0.717) is 16.5 Å². The second-order valence-corrected chi connectivity index (χ2v) is 5.33. The van der Waals surface area contributed by atoms with E-state index in [9.17, 15) is 9.59 Å². The molecule has 0 bridgehead atoms. The van der Waals surface area contributed by atoms with Crippen LogP contribution in [0.3, 0.4) is 0 Å². The van der Waals surface area contributed by atoms with Gasteiger partial charge in [-0.15, -0.1) is 0 Å². The largest absolute Gasteiger partial charge is 0.496 e. The van der Waals surface area contributed by atoms with Gasteiger partial charge in [0.25, 0.3) is 5.91 Å². The Bertz CT molecular complexity index is 762. The van der Waals surface area contributed by atoms with Crippen LogP contribution in [0, 0.1) is 0 Å². The van der Waals surface area contributed by atoms with Gasteiger partial charge in [-0.05, 0) is 36.4 Å². The minimum absolute atomic E-state index is 0.210. The predicted octanol–water partition coefficient (Wildman–Crippen LogP) is 4.04.